The van der Waals surface area contributed by atoms with Gasteiger partial charge in [0.15, 0.2) is 5.82 Å². The number of anilines is 2. The first-order chi connectivity index (χ1) is 16.6. The van der Waals surface area contributed by atoms with Crippen LogP contribution >= 0.6 is 0 Å². The van der Waals surface area contributed by atoms with E-state index < -0.39 is 5.91 Å². The highest BCUT2D eigenvalue weighted by Gasteiger charge is 2.24. The SMILES string of the molecule is COc1nc2c(C(N)=O)cccc2n1-c1nc2c(c(NCc3ccccc3)n1)N(C)CCCC2. The van der Waals surface area contributed by atoms with E-state index in [4.69, 9.17) is 20.4 Å². The van der Waals surface area contributed by atoms with E-state index in [1.165, 1.54) is 7.11 Å². The van der Waals surface area contributed by atoms with E-state index in [9.17, 15) is 4.79 Å². The molecular formula is C25H27N7O2. The Hall–Kier alpha value is -4.14. The maximum Gasteiger partial charge on any atom is 0.304 e. The molecule has 0 spiro atoms. The number of imidazole rings is 1. The number of fused-ring (bicyclic) bond motifs is 2. The number of nitrogens with one attached hydrogen (secondary N) is 1. The number of carbonyl (C=O) groups excluding carboxylic acids is 1. The number of hydrogen-bond donors (Lipinski definition) is 2. The zero-order valence-electron chi connectivity index (χ0n) is 19.3. The molecule has 174 valence electrons. The zero-order chi connectivity index (χ0) is 23.7. The second-order valence-electron chi connectivity index (χ2n) is 8.36. The first-order valence-electron chi connectivity index (χ1n) is 11.3. The van der Waals surface area contributed by atoms with Crippen molar-refractivity contribution in [1.82, 2.24) is 19.5 Å². The maximum absolute atomic E-state index is 12.0. The second-order valence-corrected chi connectivity index (χ2v) is 8.36. The Morgan fingerprint density at radius 1 is 1.09 bits per heavy atom. The summed E-state index contributed by atoms with van der Waals surface area (Å²) >= 11 is 0. The number of ether oxygens (including phenoxy) is 1. The fourth-order valence-corrected chi connectivity index (χ4v) is 4.43. The Morgan fingerprint density at radius 3 is 2.68 bits per heavy atom. The number of rotatable bonds is 6. The van der Waals surface area contributed by atoms with Gasteiger partial charge in [-0.2, -0.15) is 9.97 Å². The number of aromatic nitrogens is 4. The van der Waals surface area contributed by atoms with Gasteiger partial charge in [-0.1, -0.05) is 36.4 Å². The highest BCUT2D eigenvalue weighted by atomic mass is 16.5. The number of hydrogen-bond acceptors (Lipinski definition) is 7. The molecule has 4 aromatic rings. The Labute approximate surface area is 197 Å². The van der Waals surface area contributed by atoms with E-state index in [-0.39, 0.29) is 0 Å². The lowest BCUT2D eigenvalue weighted by molar-refractivity contribution is 0.100. The predicted octanol–water partition coefficient (Wildman–Crippen LogP) is 3.31. The first-order valence-corrected chi connectivity index (χ1v) is 11.3. The molecule has 9 nitrogen and oxygen atoms in total. The van der Waals surface area contributed by atoms with Crippen molar-refractivity contribution in [1.29, 1.82) is 0 Å². The van der Waals surface area contributed by atoms with E-state index in [2.05, 4.69) is 34.4 Å². The van der Waals surface area contributed by atoms with Gasteiger partial charge in [-0.25, -0.2) is 9.55 Å². The lowest BCUT2D eigenvalue weighted by Gasteiger charge is -2.23. The minimum absolute atomic E-state index is 0.291. The van der Waals surface area contributed by atoms with E-state index in [0.717, 1.165) is 48.6 Å². The van der Waals surface area contributed by atoms with Crippen LogP contribution in [0.4, 0.5) is 11.5 Å². The topological polar surface area (TPSA) is 111 Å². The van der Waals surface area contributed by atoms with Gasteiger partial charge in [-0.3, -0.25) is 4.79 Å². The molecule has 0 saturated carbocycles. The van der Waals surface area contributed by atoms with E-state index in [1.54, 1.807) is 16.7 Å². The Morgan fingerprint density at radius 2 is 1.91 bits per heavy atom. The van der Waals surface area contributed by atoms with Gasteiger partial charge in [-0.15, -0.1) is 0 Å². The van der Waals surface area contributed by atoms with Crippen LogP contribution in [-0.2, 0) is 13.0 Å². The molecule has 1 aliphatic rings. The van der Waals surface area contributed by atoms with Gasteiger partial charge < -0.3 is 20.7 Å². The fourth-order valence-electron chi connectivity index (χ4n) is 4.43. The van der Waals surface area contributed by atoms with Crippen molar-refractivity contribution >= 4 is 28.4 Å². The number of aryl methyl sites for hydroxylation is 1. The molecule has 1 amide bonds. The van der Waals surface area contributed by atoms with Crippen molar-refractivity contribution in [3.63, 3.8) is 0 Å². The number of para-hydroxylation sites is 1. The highest BCUT2D eigenvalue weighted by Crippen LogP contribution is 2.34. The minimum Gasteiger partial charge on any atom is -0.468 e. The Balaban J connectivity index is 1.68. The van der Waals surface area contributed by atoms with Crippen molar-refractivity contribution in [2.45, 2.75) is 25.8 Å². The summed E-state index contributed by atoms with van der Waals surface area (Å²) in [6.07, 6.45) is 2.97. The van der Waals surface area contributed by atoms with E-state index in [0.29, 0.717) is 35.1 Å². The lowest BCUT2D eigenvalue weighted by Crippen LogP contribution is -2.22. The van der Waals surface area contributed by atoms with Crippen LogP contribution in [0.3, 0.4) is 0 Å². The zero-order valence-corrected chi connectivity index (χ0v) is 19.3. The molecular weight excluding hydrogens is 430 g/mol. The first kappa shape index (κ1) is 21.7. The number of primary amides is 1. The van der Waals surface area contributed by atoms with Gasteiger partial charge in [0.2, 0.25) is 5.95 Å². The predicted molar refractivity (Wildman–Crippen MR) is 132 cm³/mol. The molecule has 0 radical (unpaired) electrons. The van der Waals surface area contributed by atoms with E-state index >= 15 is 0 Å². The third-order valence-corrected chi connectivity index (χ3v) is 6.09. The van der Waals surface area contributed by atoms with Gasteiger partial charge >= 0.3 is 6.01 Å². The molecule has 0 atom stereocenters. The van der Waals surface area contributed by atoms with Crippen LogP contribution in [0.15, 0.2) is 48.5 Å². The molecule has 1 aliphatic heterocycles. The normalized spacial score (nSPS) is 13.4. The summed E-state index contributed by atoms with van der Waals surface area (Å²) in [6, 6.07) is 15.8. The minimum atomic E-state index is -0.549. The number of methoxy groups -OCH3 is 1. The van der Waals surface area contributed by atoms with E-state index in [1.807, 2.05) is 24.3 Å². The molecule has 0 fully saturated rings. The number of nitrogens with zero attached hydrogens (tertiary/aromatic N) is 5. The maximum atomic E-state index is 12.0. The summed E-state index contributed by atoms with van der Waals surface area (Å²) < 4.78 is 7.30. The van der Waals surface area contributed by atoms with Crippen LogP contribution in [-0.4, -0.2) is 46.1 Å². The molecule has 2 aromatic heterocycles. The van der Waals surface area contributed by atoms with Crippen LogP contribution in [0.2, 0.25) is 0 Å². The number of nitrogens with two attached hydrogens (primary N) is 1. The average molecular weight is 458 g/mol. The summed E-state index contributed by atoms with van der Waals surface area (Å²) in [6.45, 7) is 1.57. The molecule has 0 saturated heterocycles. The fraction of sp³-hybridized carbons (Fsp3) is 0.280. The molecule has 9 heteroatoms. The molecule has 34 heavy (non-hydrogen) atoms. The number of benzene rings is 2. The summed E-state index contributed by atoms with van der Waals surface area (Å²) in [7, 11) is 3.61. The van der Waals surface area contributed by atoms with Gasteiger partial charge in [0.1, 0.15) is 11.2 Å². The molecule has 3 heterocycles. The lowest BCUT2D eigenvalue weighted by atomic mass is 10.1. The molecule has 3 N–H and O–H groups in total. The largest absolute Gasteiger partial charge is 0.468 e. The van der Waals surface area contributed by atoms with Crippen LogP contribution < -0.4 is 20.7 Å². The smallest absolute Gasteiger partial charge is 0.304 e. The van der Waals surface area contributed by atoms with Gasteiger partial charge in [0.05, 0.1) is 23.9 Å². The monoisotopic (exact) mass is 457 g/mol. The van der Waals surface area contributed by atoms with Gasteiger partial charge in [0, 0.05) is 20.1 Å². The van der Waals surface area contributed by atoms with Crippen LogP contribution in [0, 0.1) is 0 Å². The average Bonchev–Trinajstić information content (AvgIpc) is 3.13. The highest BCUT2D eigenvalue weighted by molar-refractivity contribution is 6.04. The van der Waals surface area contributed by atoms with Crippen molar-refractivity contribution in [3.05, 3.63) is 65.4 Å². The molecule has 2 aromatic carbocycles. The summed E-state index contributed by atoms with van der Waals surface area (Å²) in [5.74, 6) is 0.640. The third kappa shape index (κ3) is 3.89. The van der Waals surface area contributed by atoms with Gasteiger partial charge in [0.25, 0.3) is 5.91 Å². The van der Waals surface area contributed by atoms with Crippen LogP contribution in [0.5, 0.6) is 6.01 Å². The third-order valence-electron chi connectivity index (χ3n) is 6.09. The van der Waals surface area contributed by atoms with Crippen molar-refractivity contribution < 1.29 is 9.53 Å². The van der Waals surface area contributed by atoms with Crippen LogP contribution in [0.1, 0.15) is 34.5 Å². The molecule has 0 unspecified atom stereocenters. The Kier molecular flexibility index (Phi) is 5.75. The van der Waals surface area contributed by atoms with Gasteiger partial charge in [-0.05, 0) is 37.0 Å². The Bertz CT molecular complexity index is 1350. The number of amides is 1. The molecule has 0 aliphatic carbocycles. The molecule has 0 bridgehead atoms. The summed E-state index contributed by atoms with van der Waals surface area (Å²) in [5.41, 5.74) is 10.2. The van der Waals surface area contributed by atoms with Crippen molar-refractivity contribution in [3.8, 4) is 12.0 Å². The quantitative estimate of drug-likeness (QED) is 0.457. The summed E-state index contributed by atoms with van der Waals surface area (Å²) in [4.78, 5) is 28.6. The van der Waals surface area contributed by atoms with Crippen LogP contribution in [0.25, 0.3) is 17.0 Å². The summed E-state index contributed by atoms with van der Waals surface area (Å²) in [5, 5.41) is 3.52. The standard InChI is InChI=1S/C25H27N7O2/c1-31-14-7-6-12-18-21(31)23(27-15-16-9-4-3-5-10-16)30-24(28-18)32-19-13-8-11-17(22(26)33)20(19)29-25(32)34-2/h3-5,8-11,13H,6-7,12,14-15H2,1-2H3,(H2,26,33)(H,27,28,30). The molecule has 5 rings (SSSR count). The second kappa shape index (κ2) is 9.01. The van der Waals surface area contributed by atoms with Crippen molar-refractivity contribution in [2.75, 3.05) is 30.9 Å². The number of carbonyl (C=O) groups is 1. The van der Waals surface area contributed by atoms with Crippen molar-refractivity contribution in [2.24, 2.45) is 5.73 Å².